The normalized spacial score (nSPS) is 10.4. The molecule has 18 heavy (non-hydrogen) atoms. The lowest BCUT2D eigenvalue weighted by Gasteiger charge is -2.02. The van der Waals surface area contributed by atoms with Gasteiger partial charge in [-0.3, -0.25) is 4.98 Å². The molecule has 4 nitrogen and oxygen atoms in total. The molecule has 3 rings (SSSR count). The number of hydrogen-bond donors (Lipinski definition) is 1. The number of benzene rings is 1. The van der Waals surface area contributed by atoms with Gasteiger partial charge in [-0.2, -0.15) is 9.99 Å². The van der Waals surface area contributed by atoms with Gasteiger partial charge in [0.15, 0.2) is 0 Å². The van der Waals surface area contributed by atoms with Gasteiger partial charge in [0, 0.05) is 23.3 Å². The predicted octanol–water partition coefficient (Wildman–Crippen LogP) is 2.81. The Hall–Kier alpha value is -2.80. The molecule has 4 heteroatoms. The van der Waals surface area contributed by atoms with E-state index in [1.165, 1.54) is 0 Å². The maximum atomic E-state index is 10.2. The second-order valence-corrected chi connectivity index (χ2v) is 3.90. The standard InChI is InChI=1S/C14H9N3O/c15-9-12-11-3-1-2-4-13(11)17(18)14(12)10-5-7-16-8-6-10/h1-8,18H. The molecule has 2 heterocycles. The van der Waals surface area contributed by atoms with E-state index in [2.05, 4.69) is 11.1 Å². The Bertz CT molecular complexity index is 754. The van der Waals surface area contributed by atoms with Crippen molar-refractivity contribution in [2.75, 3.05) is 0 Å². The van der Waals surface area contributed by atoms with Crippen LogP contribution in [0, 0.1) is 11.3 Å². The third kappa shape index (κ3) is 1.35. The molecule has 2 aromatic heterocycles. The Morgan fingerprint density at radius 1 is 1.11 bits per heavy atom. The molecule has 1 N–H and O–H groups in total. The second kappa shape index (κ2) is 3.90. The van der Waals surface area contributed by atoms with Crippen LogP contribution in [0.3, 0.4) is 0 Å². The van der Waals surface area contributed by atoms with Crippen LogP contribution in [-0.4, -0.2) is 14.9 Å². The Kier molecular flexibility index (Phi) is 2.24. The van der Waals surface area contributed by atoms with Crippen molar-refractivity contribution in [1.82, 2.24) is 9.71 Å². The average Bonchev–Trinajstić information content (AvgIpc) is 2.73. The zero-order valence-electron chi connectivity index (χ0n) is 9.41. The van der Waals surface area contributed by atoms with E-state index in [1.54, 1.807) is 30.6 Å². The van der Waals surface area contributed by atoms with Crippen LogP contribution in [-0.2, 0) is 0 Å². The summed E-state index contributed by atoms with van der Waals surface area (Å²) in [5.74, 6) is 0. The molecule has 0 radical (unpaired) electrons. The molecular weight excluding hydrogens is 226 g/mol. The molecule has 0 aliphatic heterocycles. The minimum atomic E-state index is 0.472. The summed E-state index contributed by atoms with van der Waals surface area (Å²) < 4.78 is 1.06. The molecule has 0 aliphatic rings. The minimum absolute atomic E-state index is 0.472. The highest BCUT2D eigenvalue weighted by molar-refractivity contribution is 5.93. The van der Waals surface area contributed by atoms with Gasteiger partial charge in [-0.1, -0.05) is 18.2 Å². The topological polar surface area (TPSA) is 61.8 Å². The fourth-order valence-electron chi connectivity index (χ4n) is 2.11. The first-order chi connectivity index (χ1) is 8.83. The lowest BCUT2D eigenvalue weighted by atomic mass is 10.1. The number of hydrogen-bond acceptors (Lipinski definition) is 3. The fourth-order valence-corrected chi connectivity index (χ4v) is 2.11. The SMILES string of the molecule is N#Cc1c(-c2ccncc2)n(O)c2ccccc12. The summed E-state index contributed by atoms with van der Waals surface area (Å²) in [6.45, 7) is 0. The number of para-hydroxylation sites is 1. The van der Waals surface area contributed by atoms with Crippen molar-refractivity contribution >= 4 is 10.9 Å². The number of pyridine rings is 1. The number of nitrogens with zero attached hydrogens (tertiary/aromatic N) is 3. The summed E-state index contributed by atoms with van der Waals surface area (Å²) in [6, 6.07) is 13.0. The van der Waals surface area contributed by atoms with Crippen LogP contribution in [0.25, 0.3) is 22.2 Å². The number of aromatic nitrogens is 2. The van der Waals surface area contributed by atoms with E-state index in [4.69, 9.17) is 0 Å². The van der Waals surface area contributed by atoms with Crippen LogP contribution in [0.2, 0.25) is 0 Å². The van der Waals surface area contributed by atoms with E-state index in [1.807, 2.05) is 18.2 Å². The first-order valence-corrected chi connectivity index (χ1v) is 5.46. The Labute approximate surface area is 103 Å². The number of nitriles is 1. The first kappa shape index (κ1) is 10.4. The quantitative estimate of drug-likeness (QED) is 0.660. The van der Waals surface area contributed by atoms with Crippen LogP contribution in [0.5, 0.6) is 0 Å². The molecule has 0 unspecified atom stereocenters. The van der Waals surface area contributed by atoms with Gasteiger partial charge in [-0.15, -0.1) is 0 Å². The summed E-state index contributed by atoms with van der Waals surface area (Å²) >= 11 is 0. The molecule has 0 aliphatic carbocycles. The highest BCUT2D eigenvalue weighted by Crippen LogP contribution is 2.31. The molecule has 3 aromatic rings. The van der Waals surface area contributed by atoms with Crippen LogP contribution in [0.1, 0.15) is 5.56 Å². The van der Waals surface area contributed by atoms with Crippen molar-refractivity contribution in [3.8, 4) is 17.3 Å². The first-order valence-electron chi connectivity index (χ1n) is 5.46. The summed E-state index contributed by atoms with van der Waals surface area (Å²) in [6.07, 6.45) is 3.27. The maximum absolute atomic E-state index is 10.2. The highest BCUT2D eigenvalue weighted by atomic mass is 16.5. The molecule has 1 aromatic carbocycles. The lowest BCUT2D eigenvalue weighted by Crippen LogP contribution is -1.94. The molecule has 86 valence electrons. The van der Waals surface area contributed by atoms with Crippen LogP contribution in [0.4, 0.5) is 0 Å². The van der Waals surface area contributed by atoms with Gasteiger partial charge in [0.25, 0.3) is 0 Å². The summed E-state index contributed by atoms with van der Waals surface area (Å²) in [7, 11) is 0. The van der Waals surface area contributed by atoms with Crippen LogP contribution in [0.15, 0.2) is 48.8 Å². The van der Waals surface area contributed by atoms with E-state index < -0.39 is 0 Å². The van der Waals surface area contributed by atoms with Crippen LogP contribution < -0.4 is 0 Å². The van der Waals surface area contributed by atoms with Gasteiger partial charge in [-0.05, 0) is 18.2 Å². The predicted molar refractivity (Wildman–Crippen MR) is 67.1 cm³/mol. The van der Waals surface area contributed by atoms with Gasteiger partial charge in [-0.25, -0.2) is 0 Å². The summed E-state index contributed by atoms with van der Waals surface area (Å²) in [5, 5.41) is 20.2. The van der Waals surface area contributed by atoms with Crippen molar-refractivity contribution in [3.05, 3.63) is 54.4 Å². The Morgan fingerprint density at radius 2 is 1.83 bits per heavy atom. The van der Waals surface area contributed by atoms with Crippen molar-refractivity contribution in [1.29, 1.82) is 5.26 Å². The van der Waals surface area contributed by atoms with Gasteiger partial charge in [0.2, 0.25) is 0 Å². The largest absolute Gasteiger partial charge is 0.428 e. The lowest BCUT2D eigenvalue weighted by molar-refractivity contribution is 0.204. The average molecular weight is 235 g/mol. The van der Waals surface area contributed by atoms with E-state index >= 15 is 0 Å². The van der Waals surface area contributed by atoms with E-state index in [-0.39, 0.29) is 0 Å². The molecular formula is C14H9N3O. The Balaban J connectivity index is 2.43. The summed E-state index contributed by atoms with van der Waals surface area (Å²) in [4.78, 5) is 3.94. The van der Waals surface area contributed by atoms with Gasteiger partial charge in [0.1, 0.15) is 11.8 Å². The molecule has 0 fully saturated rings. The van der Waals surface area contributed by atoms with Crippen molar-refractivity contribution in [3.63, 3.8) is 0 Å². The fraction of sp³-hybridized carbons (Fsp3) is 0. The molecule has 0 saturated heterocycles. The van der Waals surface area contributed by atoms with Gasteiger partial charge in [0.05, 0.1) is 11.1 Å². The zero-order chi connectivity index (χ0) is 12.5. The molecule has 0 spiro atoms. The maximum Gasteiger partial charge on any atom is 0.106 e. The highest BCUT2D eigenvalue weighted by Gasteiger charge is 2.17. The molecule has 0 amide bonds. The molecule has 0 bridgehead atoms. The van der Waals surface area contributed by atoms with E-state index in [0.717, 1.165) is 15.7 Å². The van der Waals surface area contributed by atoms with Crippen molar-refractivity contribution < 1.29 is 5.21 Å². The number of rotatable bonds is 1. The Morgan fingerprint density at radius 3 is 2.56 bits per heavy atom. The monoisotopic (exact) mass is 235 g/mol. The van der Waals surface area contributed by atoms with Crippen LogP contribution >= 0.6 is 0 Å². The van der Waals surface area contributed by atoms with Crippen molar-refractivity contribution in [2.24, 2.45) is 0 Å². The molecule has 0 saturated carbocycles. The van der Waals surface area contributed by atoms with E-state index in [0.29, 0.717) is 16.8 Å². The summed E-state index contributed by atoms with van der Waals surface area (Å²) in [5.41, 5.74) is 2.36. The van der Waals surface area contributed by atoms with Gasteiger partial charge >= 0.3 is 0 Å². The van der Waals surface area contributed by atoms with Gasteiger partial charge < -0.3 is 5.21 Å². The third-order valence-electron chi connectivity index (χ3n) is 2.92. The number of fused-ring (bicyclic) bond motifs is 1. The van der Waals surface area contributed by atoms with E-state index in [9.17, 15) is 10.5 Å². The third-order valence-corrected chi connectivity index (χ3v) is 2.92. The smallest absolute Gasteiger partial charge is 0.106 e. The zero-order valence-corrected chi connectivity index (χ0v) is 9.41. The van der Waals surface area contributed by atoms with Crippen molar-refractivity contribution in [2.45, 2.75) is 0 Å². The minimum Gasteiger partial charge on any atom is -0.428 e. The second-order valence-electron chi connectivity index (χ2n) is 3.90. The molecule has 0 atom stereocenters.